The molecule has 0 saturated heterocycles. The lowest BCUT2D eigenvalue weighted by molar-refractivity contribution is -0.113. The standard InChI is InChI=1S/C7H8O2.C5H9NO/c1-9-7-4-2-6(8)3-5-7;1-4(2)3-5(6)7/h2-5,8H,1H3;3H,1-2H3,(H2,6,7). The second kappa shape index (κ2) is 7.34. The van der Waals surface area contributed by atoms with Crippen LogP contribution in [-0.2, 0) is 4.79 Å². The molecule has 16 heavy (non-hydrogen) atoms. The minimum atomic E-state index is -0.375. The molecule has 0 heterocycles. The zero-order chi connectivity index (χ0) is 12.6. The molecule has 0 radical (unpaired) electrons. The second-order valence-corrected chi connectivity index (χ2v) is 3.32. The van der Waals surface area contributed by atoms with E-state index in [0.29, 0.717) is 0 Å². The zero-order valence-corrected chi connectivity index (χ0v) is 9.73. The number of ether oxygens (including phenoxy) is 1. The number of rotatable bonds is 2. The van der Waals surface area contributed by atoms with E-state index in [1.165, 1.54) is 6.08 Å². The highest BCUT2D eigenvalue weighted by Crippen LogP contribution is 2.14. The second-order valence-electron chi connectivity index (χ2n) is 3.32. The van der Waals surface area contributed by atoms with Crippen LogP contribution in [0.5, 0.6) is 11.5 Å². The molecule has 0 atom stereocenters. The van der Waals surface area contributed by atoms with Gasteiger partial charge in [0.05, 0.1) is 7.11 Å². The van der Waals surface area contributed by atoms with Gasteiger partial charge in [0.1, 0.15) is 11.5 Å². The van der Waals surface area contributed by atoms with Crippen LogP contribution in [0.2, 0.25) is 0 Å². The molecule has 0 aromatic heterocycles. The van der Waals surface area contributed by atoms with Crippen molar-refractivity contribution in [3.63, 3.8) is 0 Å². The molecule has 0 fully saturated rings. The normalized spacial score (nSPS) is 8.44. The maximum Gasteiger partial charge on any atom is 0.241 e. The molecule has 4 heteroatoms. The number of nitrogens with two attached hydrogens (primary N) is 1. The molecule has 0 aliphatic rings. The van der Waals surface area contributed by atoms with E-state index in [-0.39, 0.29) is 11.7 Å². The molecule has 0 spiro atoms. The van der Waals surface area contributed by atoms with Crippen LogP contribution in [0.25, 0.3) is 0 Å². The summed E-state index contributed by atoms with van der Waals surface area (Å²) in [5.41, 5.74) is 5.72. The van der Waals surface area contributed by atoms with Crippen molar-refractivity contribution < 1.29 is 14.6 Å². The average molecular weight is 223 g/mol. The van der Waals surface area contributed by atoms with Gasteiger partial charge in [0.25, 0.3) is 0 Å². The van der Waals surface area contributed by atoms with Crippen LogP contribution >= 0.6 is 0 Å². The van der Waals surface area contributed by atoms with Crippen molar-refractivity contribution in [3.05, 3.63) is 35.9 Å². The molecule has 0 unspecified atom stereocenters. The van der Waals surface area contributed by atoms with E-state index in [2.05, 4.69) is 0 Å². The van der Waals surface area contributed by atoms with Crippen molar-refractivity contribution >= 4 is 5.91 Å². The summed E-state index contributed by atoms with van der Waals surface area (Å²) in [6.45, 7) is 3.65. The van der Waals surface area contributed by atoms with Crippen LogP contribution in [0.4, 0.5) is 0 Å². The summed E-state index contributed by atoms with van der Waals surface area (Å²) in [6, 6.07) is 6.57. The summed E-state index contributed by atoms with van der Waals surface area (Å²) in [7, 11) is 1.59. The molecule has 0 bridgehead atoms. The van der Waals surface area contributed by atoms with Crippen LogP contribution in [0, 0.1) is 0 Å². The predicted octanol–water partition coefficient (Wildman–Crippen LogP) is 1.84. The van der Waals surface area contributed by atoms with Gasteiger partial charge in [0, 0.05) is 6.08 Å². The number of hydrogen-bond acceptors (Lipinski definition) is 3. The van der Waals surface area contributed by atoms with Crippen molar-refractivity contribution in [3.8, 4) is 11.5 Å². The quantitative estimate of drug-likeness (QED) is 0.751. The number of carbonyl (C=O) groups is 1. The molecule has 88 valence electrons. The Labute approximate surface area is 95.3 Å². The van der Waals surface area contributed by atoms with E-state index >= 15 is 0 Å². The van der Waals surface area contributed by atoms with Gasteiger partial charge in [-0.2, -0.15) is 0 Å². The minimum Gasteiger partial charge on any atom is -0.508 e. The van der Waals surface area contributed by atoms with Crippen molar-refractivity contribution in [1.82, 2.24) is 0 Å². The summed E-state index contributed by atoms with van der Waals surface area (Å²) in [6.07, 6.45) is 1.39. The number of phenols is 1. The summed E-state index contributed by atoms with van der Waals surface area (Å²) >= 11 is 0. The molecule has 1 amide bonds. The van der Waals surface area contributed by atoms with Crippen molar-refractivity contribution in [2.75, 3.05) is 7.11 Å². The fourth-order valence-corrected chi connectivity index (χ4v) is 0.867. The Morgan fingerprint density at radius 2 is 1.81 bits per heavy atom. The fraction of sp³-hybridized carbons (Fsp3) is 0.250. The Bertz CT molecular complexity index is 351. The highest BCUT2D eigenvalue weighted by atomic mass is 16.5. The Morgan fingerprint density at radius 3 is 2.06 bits per heavy atom. The lowest BCUT2D eigenvalue weighted by Gasteiger charge is -1.96. The largest absolute Gasteiger partial charge is 0.508 e. The van der Waals surface area contributed by atoms with Gasteiger partial charge in [0.2, 0.25) is 5.91 Å². The smallest absolute Gasteiger partial charge is 0.241 e. The molecular weight excluding hydrogens is 206 g/mol. The maximum atomic E-state index is 9.96. The average Bonchev–Trinajstić information content (AvgIpc) is 2.17. The predicted molar refractivity (Wildman–Crippen MR) is 63.3 cm³/mol. The van der Waals surface area contributed by atoms with E-state index in [1.54, 1.807) is 31.4 Å². The van der Waals surface area contributed by atoms with Gasteiger partial charge in [-0.25, -0.2) is 0 Å². The topological polar surface area (TPSA) is 72.6 Å². The maximum absolute atomic E-state index is 9.96. The molecule has 0 saturated carbocycles. The minimum absolute atomic E-state index is 0.260. The number of amides is 1. The monoisotopic (exact) mass is 223 g/mol. The fourth-order valence-electron chi connectivity index (χ4n) is 0.867. The first-order valence-corrected chi connectivity index (χ1v) is 4.73. The number of carbonyl (C=O) groups excluding carboxylic acids is 1. The van der Waals surface area contributed by atoms with Crippen molar-refractivity contribution in [2.45, 2.75) is 13.8 Å². The van der Waals surface area contributed by atoms with Crippen LogP contribution in [0.1, 0.15) is 13.8 Å². The van der Waals surface area contributed by atoms with Crippen LogP contribution in [0.15, 0.2) is 35.9 Å². The van der Waals surface area contributed by atoms with Gasteiger partial charge in [-0.1, -0.05) is 5.57 Å². The molecule has 0 aliphatic carbocycles. The lowest BCUT2D eigenvalue weighted by Crippen LogP contribution is -2.05. The summed E-state index contributed by atoms with van der Waals surface area (Å²) in [4.78, 5) is 9.96. The number of aromatic hydroxyl groups is 1. The number of hydrogen-bond donors (Lipinski definition) is 2. The highest BCUT2D eigenvalue weighted by molar-refractivity contribution is 5.86. The van der Waals surface area contributed by atoms with Crippen molar-refractivity contribution in [2.24, 2.45) is 5.73 Å². The number of allylic oxidation sites excluding steroid dienone is 1. The molecule has 3 N–H and O–H groups in total. The van der Waals surface area contributed by atoms with Gasteiger partial charge in [0.15, 0.2) is 0 Å². The first kappa shape index (κ1) is 14.0. The number of phenolic OH excluding ortho intramolecular Hbond substituents is 1. The van der Waals surface area contributed by atoms with Crippen LogP contribution < -0.4 is 10.5 Å². The lowest BCUT2D eigenvalue weighted by atomic mass is 10.3. The molecule has 1 rings (SSSR count). The first-order valence-electron chi connectivity index (χ1n) is 4.73. The number of primary amides is 1. The van der Waals surface area contributed by atoms with E-state index in [0.717, 1.165) is 11.3 Å². The Morgan fingerprint density at radius 1 is 1.31 bits per heavy atom. The van der Waals surface area contributed by atoms with E-state index < -0.39 is 0 Å². The van der Waals surface area contributed by atoms with Gasteiger partial charge in [-0.15, -0.1) is 0 Å². The van der Waals surface area contributed by atoms with E-state index in [9.17, 15) is 4.79 Å². The van der Waals surface area contributed by atoms with Gasteiger partial charge < -0.3 is 15.6 Å². The van der Waals surface area contributed by atoms with Crippen molar-refractivity contribution in [1.29, 1.82) is 0 Å². The van der Waals surface area contributed by atoms with E-state index in [1.807, 2.05) is 13.8 Å². The molecule has 1 aromatic rings. The highest BCUT2D eigenvalue weighted by Gasteiger charge is 1.87. The Kier molecular flexibility index (Phi) is 6.43. The van der Waals surface area contributed by atoms with E-state index in [4.69, 9.17) is 15.6 Å². The van der Waals surface area contributed by atoms with Gasteiger partial charge >= 0.3 is 0 Å². The Balaban J connectivity index is 0.000000293. The zero-order valence-electron chi connectivity index (χ0n) is 9.73. The summed E-state index contributed by atoms with van der Waals surface area (Å²) in [5.74, 6) is 0.642. The van der Waals surface area contributed by atoms with Gasteiger partial charge in [-0.05, 0) is 38.1 Å². The number of benzene rings is 1. The number of methoxy groups -OCH3 is 1. The van der Waals surface area contributed by atoms with Crippen LogP contribution in [0.3, 0.4) is 0 Å². The molecule has 1 aromatic carbocycles. The van der Waals surface area contributed by atoms with Crippen LogP contribution in [-0.4, -0.2) is 18.1 Å². The first-order chi connectivity index (χ1) is 7.45. The molecule has 0 aliphatic heterocycles. The molecule has 4 nitrogen and oxygen atoms in total. The molecular formula is C12H17NO3. The van der Waals surface area contributed by atoms with Gasteiger partial charge in [-0.3, -0.25) is 4.79 Å². The third kappa shape index (κ3) is 7.44. The summed E-state index contributed by atoms with van der Waals surface area (Å²) < 4.78 is 4.86. The third-order valence-electron chi connectivity index (χ3n) is 1.50. The Hall–Kier alpha value is -1.97. The SMILES string of the molecule is CC(C)=CC(N)=O.COc1ccc(O)cc1. The summed E-state index contributed by atoms with van der Waals surface area (Å²) in [5, 5.41) is 8.80. The third-order valence-corrected chi connectivity index (χ3v) is 1.50.